The summed E-state index contributed by atoms with van der Waals surface area (Å²) in [6, 6.07) is 38.1. The topological polar surface area (TPSA) is 77.3 Å². The Balaban J connectivity index is -0.000000266. The van der Waals surface area contributed by atoms with Gasteiger partial charge in [0.1, 0.15) is 19.0 Å². The van der Waals surface area contributed by atoms with Gasteiger partial charge in [0.15, 0.2) is 0 Å². The van der Waals surface area contributed by atoms with Gasteiger partial charge in [-0.1, -0.05) is 101 Å². The van der Waals surface area contributed by atoms with Crippen molar-refractivity contribution in [2.45, 2.75) is 83.1 Å². The van der Waals surface area contributed by atoms with Crippen LogP contribution in [0.2, 0.25) is 0 Å². The Hall–Kier alpha value is -4.45. The van der Waals surface area contributed by atoms with E-state index >= 15 is 0 Å². The van der Waals surface area contributed by atoms with E-state index in [1.807, 2.05) is 174 Å². The zero-order valence-electron chi connectivity index (χ0n) is 31.6. The van der Waals surface area contributed by atoms with Gasteiger partial charge in [-0.2, -0.15) is 0 Å². The molecule has 267 valence electrons. The average Bonchev–Trinajstić information content (AvgIpc) is 3.25. The molecule has 7 heteroatoms. The van der Waals surface area contributed by atoms with Gasteiger partial charge < -0.3 is 0 Å². The van der Waals surface area contributed by atoms with E-state index < -0.39 is 0 Å². The number of rotatable bonds is 3. The first-order valence-electron chi connectivity index (χ1n) is 17.1. The van der Waals surface area contributed by atoms with Gasteiger partial charge >= 0.3 is 0 Å². The molecule has 0 spiro atoms. The fraction of sp³-hybridized carbons (Fsp3) is 0.286. The Morgan fingerprint density at radius 1 is 0.347 bits per heavy atom. The summed E-state index contributed by atoms with van der Waals surface area (Å²) in [4.78, 5) is 23.9. The predicted molar refractivity (Wildman–Crippen MR) is 207 cm³/mol. The van der Waals surface area contributed by atoms with Gasteiger partial charge in [0, 0.05) is 38.7 Å². The normalized spacial score (nSPS) is 7.84. The van der Waals surface area contributed by atoms with Crippen molar-refractivity contribution in [1.82, 2.24) is 29.9 Å². The third-order valence-corrected chi connectivity index (χ3v) is 4.70. The molecule has 0 bridgehead atoms. The molecule has 0 aliphatic rings. The minimum absolute atomic E-state index is 0. The van der Waals surface area contributed by atoms with Gasteiger partial charge in [-0.15, -0.1) is 108 Å². The van der Waals surface area contributed by atoms with Gasteiger partial charge in [-0.25, -0.2) is 15.0 Å². The van der Waals surface area contributed by atoms with Crippen molar-refractivity contribution in [2.75, 3.05) is 0 Å². The monoisotopic (exact) mass is 838 g/mol. The van der Waals surface area contributed by atoms with Crippen LogP contribution >= 0.6 is 0 Å². The van der Waals surface area contributed by atoms with Crippen molar-refractivity contribution in [3.8, 4) is 33.8 Å². The Morgan fingerprint density at radius 2 is 0.592 bits per heavy atom. The first kappa shape index (κ1) is 51.4. The quantitative estimate of drug-likeness (QED) is 0.165. The largest absolute Gasteiger partial charge is 0.286 e. The summed E-state index contributed by atoms with van der Waals surface area (Å²) in [5.74, 6) is 0. The number of hydrogen-bond acceptors (Lipinski definition) is 6. The van der Waals surface area contributed by atoms with Crippen molar-refractivity contribution in [3.05, 3.63) is 147 Å². The maximum Gasteiger partial charge on any atom is 0.105 e. The predicted octanol–water partition coefficient (Wildman–Crippen LogP) is 12.0. The van der Waals surface area contributed by atoms with Gasteiger partial charge in [0.25, 0.3) is 0 Å². The Bertz CT molecular complexity index is 1100. The Kier molecular flexibility index (Phi) is 43.6. The van der Waals surface area contributed by atoms with Crippen LogP contribution in [0.3, 0.4) is 0 Å². The van der Waals surface area contributed by atoms with Crippen LogP contribution in [0.5, 0.6) is 0 Å². The second-order valence-corrected chi connectivity index (χ2v) is 7.11. The minimum Gasteiger partial charge on any atom is -0.286 e. The van der Waals surface area contributed by atoms with Crippen LogP contribution in [-0.2, 0) is 20.1 Å². The van der Waals surface area contributed by atoms with Crippen LogP contribution in [0.1, 0.15) is 83.1 Å². The molecule has 0 saturated heterocycles. The van der Waals surface area contributed by atoms with Gasteiger partial charge in [0.2, 0.25) is 0 Å². The van der Waals surface area contributed by atoms with Crippen LogP contribution in [0, 0.1) is 18.2 Å². The van der Waals surface area contributed by atoms with Crippen LogP contribution in [-0.4, -0.2) is 29.9 Å². The smallest absolute Gasteiger partial charge is 0.105 e. The van der Waals surface area contributed by atoms with Crippen LogP contribution in [0.4, 0.5) is 0 Å². The number of aromatic nitrogens is 6. The SMILES string of the molecule is CC.CC.CC.CC.CC.CC.[Ir].[c-]1ccccc1-c1ccncn1.[c-]1ccccc1-c1ccncn1.[c-]1ccccc1-c1ccncn1. The Morgan fingerprint density at radius 3 is 0.755 bits per heavy atom. The van der Waals surface area contributed by atoms with Crippen LogP contribution < -0.4 is 0 Å². The second kappa shape index (κ2) is 41.6. The Labute approximate surface area is 312 Å². The van der Waals surface area contributed by atoms with Crippen LogP contribution in [0.25, 0.3) is 33.8 Å². The molecule has 3 heterocycles. The maximum absolute atomic E-state index is 4.11. The second-order valence-electron chi connectivity index (χ2n) is 7.11. The zero-order valence-corrected chi connectivity index (χ0v) is 34.0. The molecule has 3 aromatic carbocycles. The molecule has 3 aromatic heterocycles. The van der Waals surface area contributed by atoms with E-state index in [0.717, 1.165) is 33.8 Å². The van der Waals surface area contributed by atoms with E-state index in [-0.39, 0.29) is 20.1 Å². The molecule has 0 aliphatic heterocycles. The fourth-order valence-electron chi connectivity index (χ4n) is 3.01. The minimum atomic E-state index is 0. The van der Waals surface area contributed by atoms with Gasteiger partial charge in [-0.05, 0) is 17.1 Å². The summed E-state index contributed by atoms with van der Waals surface area (Å²) in [5.41, 5.74) is 5.72. The summed E-state index contributed by atoms with van der Waals surface area (Å²) >= 11 is 0. The third kappa shape index (κ3) is 24.4. The molecule has 49 heavy (non-hydrogen) atoms. The zero-order chi connectivity index (χ0) is 36.7. The first-order chi connectivity index (χ1) is 23.9. The van der Waals surface area contributed by atoms with Crippen LogP contribution in [0.15, 0.2) is 129 Å². The summed E-state index contributed by atoms with van der Waals surface area (Å²) in [5, 5.41) is 0. The molecule has 0 saturated carbocycles. The molecule has 0 amide bonds. The van der Waals surface area contributed by atoms with E-state index in [2.05, 4.69) is 48.1 Å². The summed E-state index contributed by atoms with van der Waals surface area (Å²) in [7, 11) is 0. The van der Waals surface area contributed by atoms with E-state index in [0.29, 0.717) is 0 Å². The van der Waals surface area contributed by atoms with E-state index in [1.54, 1.807) is 18.6 Å². The van der Waals surface area contributed by atoms with Crippen molar-refractivity contribution in [3.63, 3.8) is 0 Å². The molecule has 1 radical (unpaired) electrons. The fourth-order valence-corrected chi connectivity index (χ4v) is 3.01. The van der Waals surface area contributed by atoms with Gasteiger partial charge in [0.05, 0.1) is 0 Å². The van der Waals surface area contributed by atoms with Gasteiger partial charge in [-0.3, -0.25) is 15.0 Å². The summed E-state index contributed by atoms with van der Waals surface area (Å²) < 4.78 is 0. The van der Waals surface area contributed by atoms with Crippen molar-refractivity contribution in [1.29, 1.82) is 0 Å². The molecule has 0 N–H and O–H groups in total. The molecule has 6 aromatic rings. The number of hydrogen-bond donors (Lipinski definition) is 0. The molecule has 0 atom stereocenters. The molecular weight excluding hydrogens is 781 g/mol. The number of nitrogens with zero attached hydrogens (tertiary/aromatic N) is 6. The standard InChI is InChI=1S/3C10H7N2.6C2H6.Ir/c3*1-2-4-9(5-3-1)10-6-7-11-8-12-10;6*1-2;/h3*1-4,6-8H;6*1-2H3;/q3*-1;;;;;;;. The molecule has 0 aliphatic carbocycles. The third-order valence-electron chi connectivity index (χ3n) is 4.70. The van der Waals surface area contributed by atoms with Crippen molar-refractivity contribution >= 4 is 0 Å². The van der Waals surface area contributed by atoms with E-state index in [9.17, 15) is 0 Å². The van der Waals surface area contributed by atoms with Crippen molar-refractivity contribution in [2.24, 2.45) is 0 Å². The molecule has 0 fully saturated rings. The van der Waals surface area contributed by atoms with E-state index in [4.69, 9.17) is 0 Å². The summed E-state index contributed by atoms with van der Waals surface area (Å²) in [6.07, 6.45) is 9.79. The molecule has 6 nitrogen and oxygen atoms in total. The van der Waals surface area contributed by atoms with Crippen molar-refractivity contribution < 1.29 is 20.1 Å². The molecule has 0 unspecified atom stereocenters. The first-order valence-corrected chi connectivity index (χ1v) is 17.1. The summed E-state index contributed by atoms with van der Waals surface area (Å²) in [6.45, 7) is 24.0. The average molecular weight is 838 g/mol. The number of benzene rings is 3. The maximum atomic E-state index is 4.11. The molecular formula is C42H57IrN6-3. The molecule has 6 rings (SSSR count). The van der Waals surface area contributed by atoms with E-state index in [1.165, 1.54) is 19.0 Å².